The molecule has 5 nitrogen and oxygen atoms in total. The first kappa shape index (κ1) is 17.8. The third-order valence-electron chi connectivity index (χ3n) is 6.03. The minimum Gasteiger partial charge on any atom is -0.492 e. The highest BCUT2D eigenvalue weighted by atomic mass is 16.5. The van der Waals surface area contributed by atoms with Crippen molar-refractivity contribution >= 4 is 5.91 Å². The fourth-order valence-corrected chi connectivity index (χ4v) is 4.23. The predicted molar refractivity (Wildman–Crippen MR) is 101 cm³/mol. The third-order valence-corrected chi connectivity index (χ3v) is 6.03. The Bertz CT molecular complexity index is 611. The summed E-state index contributed by atoms with van der Waals surface area (Å²) in [5, 5.41) is 0. The van der Waals surface area contributed by atoms with E-state index in [2.05, 4.69) is 4.90 Å². The van der Waals surface area contributed by atoms with Gasteiger partial charge in [0.2, 0.25) is 0 Å². The Balaban J connectivity index is 1.36. The van der Waals surface area contributed by atoms with Crippen molar-refractivity contribution in [1.29, 1.82) is 0 Å². The van der Waals surface area contributed by atoms with Crippen LogP contribution in [0.1, 0.15) is 42.5 Å². The lowest BCUT2D eigenvalue weighted by Crippen LogP contribution is -2.47. The van der Waals surface area contributed by atoms with Gasteiger partial charge in [-0.05, 0) is 44.4 Å². The van der Waals surface area contributed by atoms with Crippen LogP contribution in [0.2, 0.25) is 0 Å². The van der Waals surface area contributed by atoms with Crippen molar-refractivity contribution in [2.45, 2.75) is 38.1 Å². The van der Waals surface area contributed by atoms with E-state index in [4.69, 9.17) is 9.47 Å². The van der Waals surface area contributed by atoms with E-state index in [9.17, 15) is 4.79 Å². The minimum atomic E-state index is 0.0589. The van der Waals surface area contributed by atoms with Crippen molar-refractivity contribution in [2.24, 2.45) is 5.92 Å². The second-order valence-corrected chi connectivity index (χ2v) is 7.80. The minimum absolute atomic E-state index is 0.0589. The Morgan fingerprint density at radius 2 is 1.88 bits per heavy atom. The van der Waals surface area contributed by atoms with E-state index < -0.39 is 0 Å². The van der Waals surface area contributed by atoms with Crippen LogP contribution in [0.4, 0.5) is 0 Å². The maximum Gasteiger partial charge on any atom is 0.257 e. The molecule has 0 radical (unpaired) electrons. The van der Waals surface area contributed by atoms with E-state index in [0.29, 0.717) is 44.4 Å². The molecule has 26 heavy (non-hydrogen) atoms. The molecule has 4 rings (SSSR count). The number of carbonyl (C=O) groups excluding carboxylic acids is 1. The summed E-state index contributed by atoms with van der Waals surface area (Å²) in [6.45, 7) is 5.65. The zero-order valence-electron chi connectivity index (χ0n) is 15.6. The summed E-state index contributed by atoms with van der Waals surface area (Å²) in [6.07, 6.45) is 6.61. The number of morpholine rings is 1. The van der Waals surface area contributed by atoms with Crippen LogP contribution < -0.4 is 4.74 Å². The number of para-hydroxylation sites is 1. The highest BCUT2D eigenvalue weighted by molar-refractivity contribution is 5.97. The van der Waals surface area contributed by atoms with Gasteiger partial charge in [0.25, 0.3) is 5.91 Å². The summed E-state index contributed by atoms with van der Waals surface area (Å²) in [4.78, 5) is 17.4. The number of piperidine rings is 1. The van der Waals surface area contributed by atoms with Crippen LogP contribution in [0.3, 0.4) is 0 Å². The van der Waals surface area contributed by atoms with E-state index in [1.54, 1.807) is 0 Å². The molecule has 3 fully saturated rings. The number of likely N-dealkylation sites (tertiary alicyclic amines) is 1. The van der Waals surface area contributed by atoms with Gasteiger partial charge in [0.05, 0.1) is 25.4 Å². The van der Waals surface area contributed by atoms with Crippen molar-refractivity contribution in [1.82, 2.24) is 9.80 Å². The molecule has 2 saturated heterocycles. The standard InChI is InChI=1S/C21H30N2O3/c24-21(22-11-13-25-14-12-22)19-8-1-2-9-20(19)26-16-17-5-4-10-23(15-17)18-6-3-7-18/h1-2,8-9,17-18H,3-7,10-16H2. The first-order valence-electron chi connectivity index (χ1n) is 10.1. The Labute approximate surface area is 156 Å². The van der Waals surface area contributed by atoms with E-state index in [1.807, 2.05) is 29.2 Å². The zero-order valence-corrected chi connectivity index (χ0v) is 15.6. The monoisotopic (exact) mass is 358 g/mol. The molecule has 3 aliphatic rings. The molecule has 2 heterocycles. The van der Waals surface area contributed by atoms with Gasteiger partial charge >= 0.3 is 0 Å². The lowest BCUT2D eigenvalue weighted by molar-refractivity contribution is 0.0298. The van der Waals surface area contributed by atoms with E-state index in [-0.39, 0.29) is 5.91 Å². The van der Waals surface area contributed by atoms with Crippen LogP contribution in [0, 0.1) is 5.92 Å². The van der Waals surface area contributed by atoms with Gasteiger partial charge in [-0.2, -0.15) is 0 Å². The number of carbonyl (C=O) groups is 1. The Hall–Kier alpha value is -1.59. The Morgan fingerprint density at radius 1 is 1.08 bits per heavy atom. The third kappa shape index (κ3) is 4.04. The lowest BCUT2D eigenvalue weighted by Gasteiger charge is -2.42. The number of benzene rings is 1. The highest BCUT2D eigenvalue weighted by Crippen LogP contribution is 2.30. The number of amides is 1. The van der Waals surface area contributed by atoms with Gasteiger partial charge in [-0.1, -0.05) is 18.6 Å². The molecule has 0 bridgehead atoms. The summed E-state index contributed by atoms with van der Waals surface area (Å²) < 4.78 is 11.5. The summed E-state index contributed by atoms with van der Waals surface area (Å²) >= 11 is 0. The number of nitrogens with zero attached hydrogens (tertiary/aromatic N) is 2. The van der Waals surface area contributed by atoms with Crippen molar-refractivity contribution in [2.75, 3.05) is 46.0 Å². The highest BCUT2D eigenvalue weighted by Gasteiger charge is 2.30. The average Bonchev–Trinajstić information content (AvgIpc) is 2.66. The van der Waals surface area contributed by atoms with Crippen LogP contribution >= 0.6 is 0 Å². The largest absolute Gasteiger partial charge is 0.492 e. The lowest BCUT2D eigenvalue weighted by atomic mass is 9.88. The maximum absolute atomic E-state index is 12.8. The molecule has 1 unspecified atom stereocenters. The van der Waals surface area contributed by atoms with E-state index in [0.717, 1.165) is 18.3 Å². The van der Waals surface area contributed by atoms with E-state index >= 15 is 0 Å². The molecule has 1 saturated carbocycles. The predicted octanol–water partition coefficient (Wildman–Crippen LogP) is 2.80. The first-order chi connectivity index (χ1) is 12.8. The number of hydrogen-bond donors (Lipinski definition) is 0. The van der Waals surface area contributed by atoms with Crippen LogP contribution in [0.25, 0.3) is 0 Å². The molecular weight excluding hydrogens is 328 g/mol. The summed E-state index contributed by atoms with van der Waals surface area (Å²) in [7, 11) is 0. The SMILES string of the molecule is O=C(c1ccccc1OCC1CCCN(C2CCC2)C1)N1CCOCC1. The summed E-state index contributed by atoms with van der Waals surface area (Å²) in [5.41, 5.74) is 0.682. The molecule has 0 aromatic heterocycles. The fourth-order valence-electron chi connectivity index (χ4n) is 4.23. The smallest absolute Gasteiger partial charge is 0.257 e. The topological polar surface area (TPSA) is 42.0 Å². The Morgan fingerprint density at radius 3 is 2.65 bits per heavy atom. The van der Waals surface area contributed by atoms with Crippen molar-refractivity contribution < 1.29 is 14.3 Å². The van der Waals surface area contributed by atoms with Gasteiger partial charge in [-0.3, -0.25) is 9.69 Å². The van der Waals surface area contributed by atoms with Gasteiger partial charge < -0.3 is 14.4 Å². The van der Waals surface area contributed by atoms with Gasteiger partial charge in [-0.15, -0.1) is 0 Å². The Kier molecular flexibility index (Phi) is 5.75. The molecule has 1 aliphatic carbocycles. The van der Waals surface area contributed by atoms with E-state index in [1.165, 1.54) is 38.6 Å². The van der Waals surface area contributed by atoms with Gasteiger partial charge in [0, 0.05) is 31.6 Å². The molecule has 0 spiro atoms. The molecule has 142 valence electrons. The van der Waals surface area contributed by atoms with Gasteiger partial charge in [0.15, 0.2) is 0 Å². The first-order valence-corrected chi connectivity index (χ1v) is 10.1. The number of rotatable bonds is 5. The number of ether oxygens (including phenoxy) is 2. The van der Waals surface area contributed by atoms with Crippen LogP contribution in [0.5, 0.6) is 5.75 Å². The van der Waals surface area contributed by atoms with Crippen molar-refractivity contribution in [3.05, 3.63) is 29.8 Å². The molecule has 1 aromatic rings. The molecular formula is C21H30N2O3. The molecule has 0 N–H and O–H groups in total. The second-order valence-electron chi connectivity index (χ2n) is 7.80. The van der Waals surface area contributed by atoms with Crippen LogP contribution in [-0.4, -0.2) is 67.7 Å². The normalized spacial score (nSPS) is 24.9. The molecule has 1 aromatic carbocycles. The zero-order chi connectivity index (χ0) is 17.8. The molecule has 1 atom stereocenters. The van der Waals surface area contributed by atoms with Crippen LogP contribution in [0.15, 0.2) is 24.3 Å². The summed E-state index contributed by atoms with van der Waals surface area (Å²) in [5.74, 6) is 1.35. The maximum atomic E-state index is 12.8. The summed E-state index contributed by atoms with van der Waals surface area (Å²) in [6, 6.07) is 8.49. The van der Waals surface area contributed by atoms with Gasteiger partial charge in [-0.25, -0.2) is 0 Å². The second kappa shape index (κ2) is 8.40. The quantitative estimate of drug-likeness (QED) is 0.812. The molecule has 2 aliphatic heterocycles. The van der Waals surface area contributed by atoms with Crippen molar-refractivity contribution in [3.8, 4) is 5.75 Å². The van der Waals surface area contributed by atoms with Crippen LogP contribution in [-0.2, 0) is 4.74 Å². The molecule has 5 heteroatoms. The average molecular weight is 358 g/mol. The van der Waals surface area contributed by atoms with Crippen molar-refractivity contribution in [3.63, 3.8) is 0 Å². The number of hydrogen-bond acceptors (Lipinski definition) is 4. The van der Waals surface area contributed by atoms with Gasteiger partial charge in [0.1, 0.15) is 5.75 Å². The fraction of sp³-hybridized carbons (Fsp3) is 0.667. The molecule has 1 amide bonds.